The number of carbonyl (C=O) groups excluding carboxylic acids is 1. The summed E-state index contributed by atoms with van der Waals surface area (Å²) >= 11 is 0. The number of rotatable bonds is 9. The highest BCUT2D eigenvalue weighted by Gasteiger charge is 2.23. The van der Waals surface area contributed by atoms with Crippen molar-refractivity contribution in [2.24, 2.45) is 7.05 Å². The third-order valence-electron chi connectivity index (χ3n) is 6.16. The van der Waals surface area contributed by atoms with Crippen molar-refractivity contribution < 1.29 is 31.4 Å². The van der Waals surface area contributed by atoms with E-state index in [2.05, 4.69) is 40.2 Å². The highest BCUT2D eigenvalue weighted by molar-refractivity contribution is 7.85. The standard InChI is InChI=1S/C30H34N2O6S/c1-30(2,3)38-28(33)18-20-7-13-24-25-14-10-22(31-4)19-27(25)32(5)29(26(24)17-20)21-8-11-23(12-9-21)36-15-16-37-39(6,34)35/h7-14,17,19H,15-16,18H2,1-6H3/p+1. The third-order valence-corrected chi connectivity index (χ3v) is 6.75. The lowest BCUT2D eigenvalue weighted by atomic mass is 9.96. The van der Waals surface area contributed by atoms with E-state index in [9.17, 15) is 13.2 Å². The topological polar surface area (TPSA) is 94.8 Å². The molecule has 39 heavy (non-hydrogen) atoms. The fourth-order valence-corrected chi connectivity index (χ4v) is 4.94. The molecular weight excluding hydrogens is 516 g/mol. The molecular formula is C30H35N2O6S+. The number of benzene rings is 3. The van der Waals surface area contributed by atoms with Gasteiger partial charge >= 0.3 is 5.97 Å². The number of hydrogen-bond donors (Lipinski definition) is 1. The van der Waals surface area contributed by atoms with Crippen LogP contribution in [0.4, 0.5) is 5.69 Å². The van der Waals surface area contributed by atoms with E-state index < -0.39 is 15.7 Å². The molecule has 0 aliphatic heterocycles. The normalized spacial score (nSPS) is 12.1. The summed E-state index contributed by atoms with van der Waals surface area (Å²) in [4.78, 5) is 12.6. The fraction of sp³-hybridized carbons (Fsp3) is 0.333. The van der Waals surface area contributed by atoms with Gasteiger partial charge in [-0.15, -0.1) is 0 Å². The van der Waals surface area contributed by atoms with Crippen molar-refractivity contribution in [1.82, 2.24) is 0 Å². The molecule has 0 aliphatic carbocycles. The van der Waals surface area contributed by atoms with Gasteiger partial charge in [0.25, 0.3) is 10.1 Å². The minimum atomic E-state index is -3.51. The molecule has 1 aromatic heterocycles. The number of nitrogens with zero attached hydrogens (tertiary/aromatic N) is 1. The zero-order chi connectivity index (χ0) is 28.4. The van der Waals surface area contributed by atoms with Crippen LogP contribution in [-0.4, -0.2) is 46.5 Å². The highest BCUT2D eigenvalue weighted by Crippen LogP contribution is 2.33. The van der Waals surface area contributed by atoms with Gasteiger partial charge in [0.15, 0.2) is 0 Å². The Kier molecular flexibility index (Phi) is 8.13. The van der Waals surface area contributed by atoms with E-state index in [4.69, 9.17) is 13.7 Å². The van der Waals surface area contributed by atoms with Crippen molar-refractivity contribution in [3.63, 3.8) is 0 Å². The Labute approximate surface area is 229 Å². The Morgan fingerprint density at radius 1 is 0.923 bits per heavy atom. The van der Waals surface area contributed by atoms with E-state index >= 15 is 0 Å². The van der Waals surface area contributed by atoms with E-state index in [0.29, 0.717) is 5.75 Å². The number of aromatic nitrogens is 1. The Morgan fingerprint density at radius 3 is 2.26 bits per heavy atom. The Balaban J connectivity index is 1.76. The first kappa shape index (κ1) is 28.3. The van der Waals surface area contributed by atoms with Crippen molar-refractivity contribution in [3.8, 4) is 17.0 Å². The first-order valence-electron chi connectivity index (χ1n) is 12.7. The monoisotopic (exact) mass is 551 g/mol. The van der Waals surface area contributed by atoms with Crippen LogP contribution in [-0.2, 0) is 37.3 Å². The molecule has 1 N–H and O–H groups in total. The zero-order valence-corrected chi connectivity index (χ0v) is 24.0. The van der Waals surface area contributed by atoms with Crippen molar-refractivity contribution in [2.75, 3.05) is 31.8 Å². The summed E-state index contributed by atoms with van der Waals surface area (Å²) < 4.78 is 40.4. The second-order valence-corrected chi connectivity index (χ2v) is 12.1. The van der Waals surface area contributed by atoms with Crippen LogP contribution in [0.25, 0.3) is 32.9 Å². The summed E-state index contributed by atoms with van der Waals surface area (Å²) in [5, 5.41) is 6.40. The minimum Gasteiger partial charge on any atom is -0.491 e. The van der Waals surface area contributed by atoms with E-state index in [0.717, 1.165) is 50.4 Å². The van der Waals surface area contributed by atoms with Crippen LogP contribution in [0, 0.1) is 0 Å². The maximum Gasteiger partial charge on any atom is 0.310 e. The van der Waals surface area contributed by atoms with E-state index in [-0.39, 0.29) is 25.6 Å². The average molecular weight is 552 g/mol. The van der Waals surface area contributed by atoms with Crippen molar-refractivity contribution >= 4 is 43.5 Å². The molecule has 0 saturated carbocycles. The van der Waals surface area contributed by atoms with E-state index in [1.807, 2.05) is 65.2 Å². The van der Waals surface area contributed by atoms with Crippen LogP contribution in [0.3, 0.4) is 0 Å². The number of anilines is 1. The first-order valence-corrected chi connectivity index (χ1v) is 14.5. The largest absolute Gasteiger partial charge is 0.491 e. The lowest BCUT2D eigenvalue weighted by Crippen LogP contribution is -2.32. The second-order valence-electron chi connectivity index (χ2n) is 10.4. The summed E-state index contributed by atoms with van der Waals surface area (Å²) in [5.41, 5.74) is 4.34. The molecule has 4 rings (SSSR count). The van der Waals surface area contributed by atoms with Crippen LogP contribution in [0.15, 0.2) is 60.7 Å². The SMILES string of the molecule is CNc1ccc2c3ccc(CC(=O)OC(C)(C)C)cc3c(-c3ccc(OCCOS(C)(=O)=O)cc3)[n+](C)c2c1. The number of carbonyl (C=O) groups is 1. The average Bonchev–Trinajstić information content (AvgIpc) is 2.85. The molecule has 8 nitrogen and oxygen atoms in total. The second kappa shape index (κ2) is 11.2. The maximum atomic E-state index is 12.6. The number of esters is 1. The molecule has 4 aromatic rings. The molecule has 0 amide bonds. The van der Waals surface area contributed by atoms with E-state index in [1.165, 1.54) is 0 Å². The third kappa shape index (κ3) is 7.04. The lowest BCUT2D eigenvalue weighted by molar-refractivity contribution is -0.632. The molecule has 0 spiro atoms. The molecule has 0 bridgehead atoms. The number of nitrogens with one attached hydrogen (secondary N) is 1. The number of fused-ring (bicyclic) bond motifs is 3. The summed E-state index contributed by atoms with van der Waals surface area (Å²) in [6.45, 7) is 5.64. The number of ether oxygens (including phenoxy) is 2. The van der Waals surface area contributed by atoms with Gasteiger partial charge in [-0.1, -0.05) is 12.1 Å². The van der Waals surface area contributed by atoms with E-state index in [1.54, 1.807) is 0 Å². The molecule has 0 fully saturated rings. The molecule has 0 atom stereocenters. The number of pyridine rings is 1. The van der Waals surface area contributed by atoms with Crippen LogP contribution in [0.5, 0.6) is 5.75 Å². The molecule has 206 valence electrons. The van der Waals surface area contributed by atoms with Gasteiger partial charge in [-0.05, 0) is 68.8 Å². The van der Waals surface area contributed by atoms with Crippen molar-refractivity contribution in [1.29, 1.82) is 0 Å². The minimum absolute atomic E-state index is 0.0565. The molecule has 3 aromatic carbocycles. The highest BCUT2D eigenvalue weighted by atomic mass is 32.2. The van der Waals surface area contributed by atoms with Gasteiger partial charge in [-0.3, -0.25) is 8.98 Å². The fourth-order valence-electron chi connectivity index (χ4n) is 4.57. The molecule has 1 heterocycles. The number of aryl methyl sites for hydroxylation is 1. The van der Waals surface area contributed by atoms with Crippen LogP contribution >= 0.6 is 0 Å². The molecule has 0 unspecified atom stereocenters. The quantitative estimate of drug-likeness (QED) is 0.105. The van der Waals surface area contributed by atoms with Gasteiger partial charge in [0.2, 0.25) is 11.2 Å². The summed E-state index contributed by atoms with van der Waals surface area (Å²) in [6.07, 6.45) is 1.18. The Bertz CT molecular complexity index is 1620. The first-order chi connectivity index (χ1) is 18.3. The number of hydrogen-bond acceptors (Lipinski definition) is 7. The smallest absolute Gasteiger partial charge is 0.310 e. The maximum absolute atomic E-state index is 12.6. The predicted molar refractivity (Wildman–Crippen MR) is 153 cm³/mol. The molecule has 0 aliphatic rings. The van der Waals surface area contributed by atoms with Gasteiger partial charge in [0.05, 0.1) is 23.4 Å². The zero-order valence-electron chi connectivity index (χ0n) is 23.2. The van der Waals surface area contributed by atoms with Crippen molar-refractivity contribution in [3.05, 3.63) is 66.2 Å². The molecule has 9 heteroatoms. The van der Waals surface area contributed by atoms with Crippen molar-refractivity contribution in [2.45, 2.75) is 32.8 Å². The van der Waals surface area contributed by atoms with Gasteiger partial charge in [-0.25, -0.2) is 0 Å². The van der Waals surface area contributed by atoms with Crippen LogP contribution in [0.2, 0.25) is 0 Å². The summed E-state index contributed by atoms with van der Waals surface area (Å²) in [6, 6.07) is 20.0. The van der Waals surface area contributed by atoms with Crippen LogP contribution in [0.1, 0.15) is 26.3 Å². The van der Waals surface area contributed by atoms with Gasteiger partial charge in [0.1, 0.15) is 31.6 Å². The predicted octanol–water partition coefficient (Wildman–Crippen LogP) is 4.77. The van der Waals surface area contributed by atoms with Gasteiger partial charge < -0.3 is 14.8 Å². The Morgan fingerprint density at radius 2 is 1.62 bits per heavy atom. The van der Waals surface area contributed by atoms with Gasteiger partial charge in [-0.2, -0.15) is 13.0 Å². The molecule has 0 saturated heterocycles. The summed E-state index contributed by atoms with van der Waals surface area (Å²) in [7, 11) is 0.420. The van der Waals surface area contributed by atoms with Gasteiger partial charge in [0, 0.05) is 29.8 Å². The summed E-state index contributed by atoms with van der Waals surface area (Å²) in [5.74, 6) is 0.334. The Hall–Kier alpha value is -3.69. The molecule has 0 radical (unpaired) electrons. The van der Waals surface area contributed by atoms with Crippen LogP contribution < -0.4 is 14.6 Å². The lowest BCUT2D eigenvalue weighted by Gasteiger charge is -2.19.